The molecule has 5 heteroatoms. The molecule has 1 N–H and O–H groups in total. The van der Waals surface area contributed by atoms with E-state index in [9.17, 15) is 9.18 Å². The van der Waals surface area contributed by atoms with Crippen molar-refractivity contribution in [2.75, 3.05) is 7.11 Å². The second-order valence-corrected chi connectivity index (χ2v) is 5.48. The summed E-state index contributed by atoms with van der Waals surface area (Å²) in [5.74, 6) is -0.585. The highest BCUT2D eigenvalue weighted by molar-refractivity contribution is 5.95. The molecule has 2 aromatic carbocycles. The van der Waals surface area contributed by atoms with E-state index in [1.165, 1.54) is 13.2 Å². The van der Waals surface area contributed by atoms with Crippen LogP contribution in [0, 0.1) is 5.82 Å². The van der Waals surface area contributed by atoms with Crippen LogP contribution in [0.25, 0.3) is 10.9 Å². The largest absolute Gasteiger partial charge is 0.494 e. The number of halogens is 1. The van der Waals surface area contributed by atoms with Gasteiger partial charge in [0.1, 0.15) is 5.69 Å². The zero-order valence-electron chi connectivity index (χ0n) is 13.4. The van der Waals surface area contributed by atoms with Crippen LogP contribution in [-0.4, -0.2) is 18.0 Å². The number of hydrogen-bond acceptors (Lipinski definition) is 3. The van der Waals surface area contributed by atoms with Gasteiger partial charge < -0.3 is 10.1 Å². The Bertz CT molecular complexity index is 895. The number of ether oxygens (including phenoxy) is 1. The molecule has 1 amide bonds. The van der Waals surface area contributed by atoms with E-state index >= 15 is 0 Å². The van der Waals surface area contributed by atoms with Gasteiger partial charge in [0.25, 0.3) is 5.91 Å². The first-order chi connectivity index (χ1) is 11.6. The molecule has 3 aromatic rings. The Morgan fingerprint density at radius 2 is 1.96 bits per heavy atom. The summed E-state index contributed by atoms with van der Waals surface area (Å²) in [7, 11) is 1.41. The van der Waals surface area contributed by atoms with E-state index in [4.69, 9.17) is 4.74 Å². The molecular weight excluding hydrogens is 307 g/mol. The molecule has 24 heavy (non-hydrogen) atoms. The van der Waals surface area contributed by atoms with Crippen LogP contribution in [0.15, 0.2) is 54.6 Å². The quantitative estimate of drug-likeness (QED) is 0.792. The fourth-order valence-corrected chi connectivity index (χ4v) is 2.50. The Hall–Kier alpha value is -2.95. The number of nitrogens with zero attached hydrogens (tertiary/aromatic N) is 1. The number of nitrogens with one attached hydrogen (secondary N) is 1. The summed E-state index contributed by atoms with van der Waals surface area (Å²) in [4.78, 5) is 16.7. The van der Waals surface area contributed by atoms with Crippen LogP contribution in [0.4, 0.5) is 4.39 Å². The highest BCUT2D eigenvalue weighted by atomic mass is 19.1. The summed E-state index contributed by atoms with van der Waals surface area (Å²) in [6.45, 7) is 1.79. The van der Waals surface area contributed by atoms with Gasteiger partial charge in [-0.05, 0) is 36.8 Å². The molecule has 1 heterocycles. The molecule has 0 radical (unpaired) electrons. The number of pyridine rings is 1. The maximum absolute atomic E-state index is 13.8. The fourth-order valence-electron chi connectivity index (χ4n) is 2.50. The zero-order valence-corrected chi connectivity index (χ0v) is 13.4. The number of para-hydroxylation sites is 1. The third-order valence-electron chi connectivity index (χ3n) is 3.85. The molecule has 0 spiro atoms. The van der Waals surface area contributed by atoms with Crippen molar-refractivity contribution < 1.29 is 13.9 Å². The van der Waals surface area contributed by atoms with Gasteiger partial charge in [-0.3, -0.25) is 4.79 Å². The maximum Gasteiger partial charge on any atom is 0.270 e. The van der Waals surface area contributed by atoms with Gasteiger partial charge in [-0.25, -0.2) is 9.37 Å². The normalized spacial score (nSPS) is 12.0. The van der Waals surface area contributed by atoms with Crippen molar-refractivity contribution >= 4 is 16.8 Å². The minimum atomic E-state index is -0.458. The number of carbonyl (C=O) groups is 1. The molecule has 0 aliphatic rings. The van der Waals surface area contributed by atoms with Crippen LogP contribution in [-0.2, 0) is 0 Å². The number of carbonyl (C=O) groups excluding carboxylic acids is 1. The lowest BCUT2D eigenvalue weighted by Crippen LogP contribution is -2.27. The first-order valence-corrected chi connectivity index (χ1v) is 7.58. The van der Waals surface area contributed by atoms with Gasteiger partial charge in [-0.15, -0.1) is 0 Å². The summed E-state index contributed by atoms with van der Waals surface area (Å²) in [6.07, 6.45) is 0. The third kappa shape index (κ3) is 3.20. The van der Waals surface area contributed by atoms with E-state index < -0.39 is 5.82 Å². The Morgan fingerprint density at radius 1 is 1.17 bits per heavy atom. The predicted octanol–water partition coefficient (Wildman–Crippen LogP) is 3.87. The summed E-state index contributed by atoms with van der Waals surface area (Å²) in [5.41, 5.74) is 1.74. The van der Waals surface area contributed by atoms with Crippen molar-refractivity contribution in [1.29, 1.82) is 0 Å². The van der Waals surface area contributed by atoms with Crippen LogP contribution < -0.4 is 10.1 Å². The van der Waals surface area contributed by atoms with E-state index in [0.717, 1.165) is 10.9 Å². The molecule has 1 unspecified atom stereocenters. The summed E-state index contributed by atoms with van der Waals surface area (Å²) in [5, 5.41) is 3.80. The molecule has 4 nitrogen and oxygen atoms in total. The summed E-state index contributed by atoms with van der Waals surface area (Å²) in [6, 6.07) is 15.4. The number of amides is 1. The zero-order chi connectivity index (χ0) is 17.1. The fraction of sp³-hybridized carbons (Fsp3) is 0.158. The number of fused-ring (bicyclic) bond motifs is 1. The SMILES string of the molecule is COc1ccc(C(C)NC(=O)c2ccc3ccccc3n2)cc1F. The molecule has 0 aliphatic heterocycles. The van der Waals surface area contributed by atoms with E-state index in [-0.39, 0.29) is 17.7 Å². The van der Waals surface area contributed by atoms with Crippen molar-refractivity contribution in [2.45, 2.75) is 13.0 Å². The molecule has 122 valence electrons. The van der Waals surface area contributed by atoms with Gasteiger partial charge in [0.15, 0.2) is 11.6 Å². The third-order valence-corrected chi connectivity index (χ3v) is 3.85. The Balaban J connectivity index is 1.78. The molecular formula is C19H17FN2O2. The van der Waals surface area contributed by atoms with Crippen LogP contribution in [0.3, 0.4) is 0 Å². The Labute approximate surface area is 139 Å². The molecule has 1 aromatic heterocycles. The van der Waals surface area contributed by atoms with Crippen LogP contribution in [0.2, 0.25) is 0 Å². The minimum absolute atomic E-state index is 0.175. The average molecular weight is 324 g/mol. The van der Waals surface area contributed by atoms with Crippen LogP contribution in [0.1, 0.15) is 29.0 Å². The van der Waals surface area contributed by atoms with Gasteiger partial charge in [-0.1, -0.05) is 30.3 Å². The minimum Gasteiger partial charge on any atom is -0.494 e. The van der Waals surface area contributed by atoms with Gasteiger partial charge in [0.05, 0.1) is 18.7 Å². The smallest absolute Gasteiger partial charge is 0.270 e. The van der Waals surface area contributed by atoms with Gasteiger partial charge in [-0.2, -0.15) is 0 Å². The van der Waals surface area contributed by atoms with Crippen LogP contribution >= 0.6 is 0 Å². The van der Waals surface area contributed by atoms with Crippen molar-refractivity contribution in [1.82, 2.24) is 10.3 Å². The second-order valence-electron chi connectivity index (χ2n) is 5.48. The number of methoxy groups -OCH3 is 1. The van der Waals surface area contributed by atoms with Gasteiger partial charge >= 0.3 is 0 Å². The summed E-state index contributed by atoms with van der Waals surface area (Å²) >= 11 is 0. The maximum atomic E-state index is 13.8. The predicted molar refractivity (Wildman–Crippen MR) is 90.6 cm³/mol. The van der Waals surface area contributed by atoms with E-state index in [1.807, 2.05) is 30.3 Å². The lowest BCUT2D eigenvalue weighted by molar-refractivity contribution is 0.0935. The molecule has 0 fully saturated rings. The molecule has 0 aliphatic carbocycles. The van der Waals surface area contributed by atoms with Crippen molar-refractivity contribution in [3.05, 3.63) is 71.7 Å². The average Bonchev–Trinajstić information content (AvgIpc) is 2.61. The van der Waals surface area contributed by atoms with Crippen molar-refractivity contribution in [3.63, 3.8) is 0 Å². The monoisotopic (exact) mass is 324 g/mol. The number of benzene rings is 2. The van der Waals surface area contributed by atoms with Crippen molar-refractivity contribution in [2.24, 2.45) is 0 Å². The van der Waals surface area contributed by atoms with E-state index in [1.54, 1.807) is 25.1 Å². The van der Waals surface area contributed by atoms with Gasteiger partial charge in [0, 0.05) is 5.39 Å². The molecule has 3 rings (SSSR count). The number of aromatic nitrogens is 1. The topological polar surface area (TPSA) is 51.2 Å². The van der Waals surface area contributed by atoms with Gasteiger partial charge in [0.2, 0.25) is 0 Å². The lowest BCUT2D eigenvalue weighted by Gasteiger charge is -2.15. The standard InChI is InChI=1S/C19H17FN2O2/c1-12(14-8-10-18(24-2)15(20)11-14)21-19(23)17-9-7-13-5-3-4-6-16(13)22-17/h3-12H,1-2H3,(H,21,23). The Kier molecular flexibility index (Phi) is 4.42. The molecule has 0 saturated carbocycles. The van der Waals surface area contributed by atoms with Crippen LogP contribution in [0.5, 0.6) is 5.75 Å². The highest BCUT2D eigenvalue weighted by Gasteiger charge is 2.14. The highest BCUT2D eigenvalue weighted by Crippen LogP contribution is 2.22. The number of hydrogen-bond donors (Lipinski definition) is 1. The van der Waals surface area contributed by atoms with E-state index in [0.29, 0.717) is 11.3 Å². The molecule has 1 atom stereocenters. The van der Waals surface area contributed by atoms with Crippen molar-refractivity contribution in [3.8, 4) is 5.75 Å². The number of rotatable bonds is 4. The summed E-state index contributed by atoms with van der Waals surface area (Å²) < 4.78 is 18.7. The molecule has 0 bridgehead atoms. The molecule has 0 saturated heterocycles. The lowest BCUT2D eigenvalue weighted by atomic mass is 10.1. The Morgan fingerprint density at radius 3 is 2.71 bits per heavy atom. The first kappa shape index (κ1) is 15.9. The second kappa shape index (κ2) is 6.66. The van der Waals surface area contributed by atoms with E-state index in [2.05, 4.69) is 10.3 Å². The first-order valence-electron chi connectivity index (χ1n) is 7.58.